The van der Waals surface area contributed by atoms with Crippen molar-refractivity contribution < 1.29 is 23.1 Å². The summed E-state index contributed by atoms with van der Waals surface area (Å²) in [4.78, 5) is 11.4. The third-order valence-corrected chi connectivity index (χ3v) is 5.07. The zero-order valence-electron chi connectivity index (χ0n) is 11.3. The Morgan fingerprint density at radius 3 is 2.48 bits per heavy atom. The minimum atomic E-state index is -4.66. The van der Waals surface area contributed by atoms with Crippen LogP contribution >= 0.6 is 0 Å². The summed E-state index contributed by atoms with van der Waals surface area (Å²) < 4.78 is 40.9. The number of alkyl halides is 3. The number of carbonyl (C=O) groups is 1. The van der Waals surface area contributed by atoms with Crippen LogP contribution in [0.5, 0.6) is 0 Å². The molecule has 0 amide bonds. The maximum atomic E-state index is 13.3. The zero-order valence-corrected chi connectivity index (χ0v) is 11.3. The Morgan fingerprint density at radius 1 is 1.38 bits per heavy atom. The van der Waals surface area contributed by atoms with Gasteiger partial charge in [-0.25, -0.2) is 4.79 Å². The first-order valence-corrected chi connectivity index (χ1v) is 7.23. The predicted molar refractivity (Wildman–Crippen MR) is 65.9 cm³/mol. The lowest BCUT2D eigenvalue weighted by molar-refractivity contribution is -0.138. The highest BCUT2D eigenvalue weighted by molar-refractivity contribution is 5.88. The number of aromatic carboxylic acids is 1. The summed E-state index contributed by atoms with van der Waals surface area (Å²) in [7, 11) is 0. The first kappa shape index (κ1) is 13.2. The lowest BCUT2D eigenvalue weighted by Crippen LogP contribution is -2.17. The summed E-state index contributed by atoms with van der Waals surface area (Å²) in [6.07, 6.45) is -0.123. The van der Waals surface area contributed by atoms with E-state index in [-0.39, 0.29) is 11.6 Å². The van der Waals surface area contributed by atoms with Gasteiger partial charge in [0.1, 0.15) is 5.56 Å². The van der Waals surface area contributed by atoms with Gasteiger partial charge >= 0.3 is 12.1 Å². The number of nitrogens with zero attached hydrogens (tertiary/aromatic N) is 2. The van der Waals surface area contributed by atoms with Crippen LogP contribution in [0.1, 0.15) is 59.8 Å². The molecule has 3 aliphatic rings. The van der Waals surface area contributed by atoms with E-state index in [1.54, 1.807) is 0 Å². The van der Waals surface area contributed by atoms with Gasteiger partial charge in [0, 0.05) is 12.5 Å². The second-order valence-corrected chi connectivity index (χ2v) is 6.63. The van der Waals surface area contributed by atoms with Crippen LogP contribution in [0.15, 0.2) is 0 Å². The van der Waals surface area contributed by atoms with E-state index in [2.05, 4.69) is 5.10 Å². The first-order valence-electron chi connectivity index (χ1n) is 7.23. The van der Waals surface area contributed by atoms with E-state index in [0.29, 0.717) is 30.7 Å². The Labute approximate surface area is 118 Å². The molecular weight excluding hydrogens is 285 g/mol. The van der Waals surface area contributed by atoms with E-state index in [1.807, 2.05) is 0 Å². The molecule has 3 saturated carbocycles. The Kier molecular flexibility index (Phi) is 2.39. The molecule has 1 atom stereocenters. The van der Waals surface area contributed by atoms with E-state index in [1.165, 1.54) is 0 Å². The molecule has 1 heterocycles. The summed E-state index contributed by atoms with van der Waals surface area (Å²) in [5, 5.41) is 13.3. The fourth-order valence-electron chi connectivity index (χ4n) is 3.42. The number of halogens is 3. The predicted octanol–water partition coefficient (Wildman–Crippen LogP) is 3.28. The fourth-order valence-corrected chi connectivity index (χ4v) is 3.42. The quantitative estimate of drug-likeness (QED) is 0.928. The Bertz CT molecular complexity index is 627. The summed E-state index contributed by atoms with van der Waals surface area (Å²) in [5.41, 5.74) is -1.46. The summed E-state index contributed by atoms with van der Waals surface area (Å²) >= 11 is 0. The maximum Gasteiger partial charge on any atom is 0.420 e. The first-order chi connectivity index (χ1) is 9.82. The van der Waals surface area contributed by atoms with Crippen LogP contribution in [0, 0.1) is 11.3 Å². The molecule has 1 aromatic heterocycles. The minimum absolute atomic E-state index is 0.0644. The molecule has 4 rings (SSSR count). The van der Waals surface area contributed by atoms with E-state index in [0.717, 1.165) is 23.9 Å². The molecule has 3 aliphatic carbocycles. The lowest BCUT2D eigenvalue weighted by Gasteiger charge is -2.08. The van der Waals surface area contributed by atoms with Crippen LogP contribution < -0.4 is 0 Å². The topological polar surface area (TPSA) is 55.1 Å². The van der Waals surface area contributed by atoms with E-state index in [9.17, 15) is 23.1 Å². The van der Waals surface area contributed by atoms with Crippen molar-refractivity contribution in [2.75, 3.05) is 0 Å². The lowest BCUT2D eigenvalue weighted by atomic mass is 10.1. The van der Waals surface area contributed by atoms with Crippen LogP contribution in [-0.2, 0) is 12.7 Å². The zero-order chi connectivity index (χ0) is 15.0. The van der Waals surface area contributed by atoms with Gasteiger partial charge in [-0.1, -0.05) is 0 Å². The summed E-state index contributed by atoms with van der Waals surface area (Å²) in [5.74, 6) is -1.47. The average molecular weight is 300 g/mol. The standard InChI is InChI=1S/C14H15F3N2O2/c15-14(16,17)9-10(7-1-2-7)18-19(11(9)12(20)21)6-8-5-13(8)3-4-13/h7-8H,1-6H2,(H,20,21). The van der Waals surface area contributed by atoms with Crippen molar-refractivity contribution in [1.29, 1.82) is 0 Å². The highest BCUT2D eigenvalue weighted by atomic mass is 19.4. The molecule has 1 N–H and O–H groups in total. The summed E-state index contributed by atoms with van der Waals surface area (Å²) in [6.45, 7) is 0.303. The smallest absolute Gasteiger partial charge is 0.420 e. The number of hydrogen-bond acceptors (Lipinski definition) is 2. The second kappa shape index (κ2) is 3.81. The Balaban J connectivity index is 1.76. The third kappa shape index (κ3) is 2.05. The van der Waals surface area contributed by atoms with E-state index < -0.39 is 23.4 Å². The fraction of sp³-hybridized carbons (Fsp3) is 0.714. The van der Waals surface area contributed by atoms with Crippen LogP contribution in [0.25, 0.3) is 0 Å². The molecule has 1 aromatic rings. The molecule has 21 heavy (non-hydrogen) atoms. The van der Waals surface area contributed by atoms with Crippen LogP contribution in [0.4, 0.5) is 13.2 Å². The van der Waals surface area contributed by atoms with Crippen LogP contribution in [0.2, 0.25) is 0 Å². The Morgan fingerprint density at radius 2 is 2.05 bits per heavy atom. The number of hydrogen-bond donors (Lipinski definition) is 1. The van der Waals surface area contributed by atoms with Crippen LogP contribution in [-0.4, -0.2) is 20.9 Å². The molecule has 0 aromatic carbocycles. The highest BCUT2D eigenvalue weighted by Gasteiger charge is 2.62. The highest BCUT2D eigenvalue weighted by Crippen LogP contribution is 2.71. The third-order valence-electron chi connectivity index (χ3n) is 5.07. The second-order valence-electron chi connectivity index (χ2n) is 6.63. The number of aromatic nitrogens is 2. The van der Waals surface area contributed by atoms with Gasteiger partial charge in [0.05, 0.1) is 5.69 Å². The van der Waals surface area contributed by atoms with Gasteiger partial charge in [-0.3, -0.25) is 4.68 Å². The van der Waals surface area contributed by atoms with Crippen molar-refractivity contribution in [3.63, 3.8) is 0 Å². The molecule has 1 spiro atoms. The van der Waals surface area contributed by atoms with Gasteiger partial charge in [0.2, 0.25) is 0 Å². The molecular formula is C14H15F3N2O2. The van der Waals surface area contributed by atoms with Crippen molar-refractivity contribution in [3.8, 4) is 0 Å². The van der Waals surface area contributed by atoms with Crippen molar-refractivity contribution in [2.24, 2.45) is 11.3 Å². The van der Waals surface area contributed by atoms with E-state index in [4.69, 9.17) is 0 Å². The molecule has 4 nitrogen and oxygen atoms in total. The molecule has 0 radical (unpaired) electrons. The molecule has 7 heteroatoms. The van der Waals surface area contributed by atoms with Crippen molar-refractivity contribution in [1.82, 2.24) is 9.78 Å². The SMILES string of the molecule is O=C(O)c1c(C(F)(F)F)c(C2CC2)nn1CC1CC12CC2. The summed E-state index contributed by atoms with van der Waals surface area (Å²) in [6, 6.07) is 0. The van der Waals surface area contributed by atoms with Gasteiger partial charge in [-0.05, 0) is 43.4 Å². The Hall–Kier alpha value is -1.53. The monoisotopic (exact) mass is 300 g/mol. The molecule has 1 unspecified atom stereocenters. The number of carboxylic acid groups (broad SMARTS) is 1. The van der Waals surface area contributed by atoms with Crippen molar-refractivity contribution >= 4 is 5.97 Å². The molecule has 0 bridgehead atoms. The van der Waals surface area contributed by atoms with Gasteiger partial charge in [0.15, 0.2) is 5.69 Å². The molecule has 114 valence electrons. The molecule has 3 fully saturated rings. The maximum absolute atomic E-state index is 13.3. The largest absolute Gasteiger partial charge is 0.477 e. The van der Waals surface area contributed by atoms with Gasteiger partial charge in [0.25, 0.3) is 0 Å². The number of carboxylic acids is 1. The van der Waals surface area contributed by atoms with Crippen molar-refractivity contribution in [2.45, 2.75) is 50.7 Å². The molecule has 0 saturated heterocycles. The molecule has 0 aliphatic heterocycles. The number of rotatable bonds is 4. The van der Waals surface area contributed by atoms with Crippen LogP contribution in [0.3, 0.4) is 0 Å². The average Bonchev–Trinajstić information content (AvgIpc) is 3.23. The van der Waals surface area contributed by atoms with Gasteiger partial charge in [-0.15, -0.1) is 0 Å². The van der Waals surface area contributed by atoms with E-state index >= 15 is 0 Å². The normalized spacial score (nSPS) is 26.1. The van der Waals surface area contributed by atoms with Crippen molar-refractivity contribution in [3.05, 3.63) is 17.0 Å². The van der Waals surface area contributed by atoms with Gasteiger partial charge < -0.3 is 5.11 Å². The minimum Gasteiger partial charge on any atom is -0.477 e. The van der Waals surface area contributed by atoms with Gasteiger partial charge in [-0.2, -0.15) is 18.3 Å².